The number of ether oxygens (including phenoxy) is 1. The molecule has 1 N–H and O–H groups in total. The van der Waals surface area contributed by atoms with E-state index in [-0.39, 0.29) is 5.91 Å². The molecular formula is C25H20N4O2S2. The maximum absolute atomic E-state index is 12.8. The van der Waals surface area contributed by atoms with Crippen molar-refractivity contribution in [2.75, 3.05) is 12.4 Å². The third kappa shape index (κ3) is 5.40. The molecule has 1 atom stereocenters. The first-order chi connectivity index (χ1) is 16.1. The molecule has 8 heteroatoms. The van der Waals surface area contributed by atoms with E-state index in [1.165, 1.54) is 23.1 Å². The Morgan fingerprint density at radius 1 is 1.06 bits per heavy atom. The van der Waals surface area contributed by atoms with Crippen molar-refractivity contribution in [3.05, 3.63) is 77.7 Å². The van der Waals surface area contributed by atoms with Crippen LogP contribution in [0.25, 0.3) is 22.5 Å². The van der Waals surface area contributed by atoms with Crippen LogP contribution >= 0.6 is 23.1 Å². The van der Waals surface area contributed by atoms with Crippen molar-refractivity contribution < 1.29 is 9.53 Å². The number of carbonyl (C=O) groups excluding carboxylic acids is 1. The molecule has 0 aliphatic carbocycles. The van der Waals surface area contributed by atoms with Crippen LogP contribution in [0.4, 0.5) is 5.13 Å². The van der Waals surface area contributed by atoms with Gasteiger partial charge < -0.3 is 10.1 Å². The number of carbonyl (C=O) groups is 1. The van der Waals surface area contributed by atoms with Gasteiger partial charge in [-0.3, -0.25) is 4.79 Å². The molecule has 6 nitrogen and oxygen atoms in total. The number of pyridine rings is 1. The van der Waals surface area contributed by atoms with Crippen LogP contribution < -0.4 is 10.1 Å². The smallest absolute Gasteiger partial charge is 0.239 e. The highest BCUT2D eigenvalue weighted by Crippen LogP contribution is 2.30. The highest BCUT2D eigenvalue weighted by atomic mass is 32.2. The van der Waals surface area contributed by atoms with Crippen LogP contribution in [-0.4, -0.2) is 28.2 Å². The summed E-state index contributed by atoms with van der Waals surface area (Å²) in [6.45, 7) is 1.79. The van der Waals surface area contributed by atoms with Gasteiger partial charge in [-0.1, -0.05) is 54.2 Å². The van der Waals surface area contributed by atoms with Gasteiger partial charge in [-0.05, 0) is 31.2 Å². The minimum atomic E-state index is -0.472. The molecule has 0 bridgehead atoms. The van der Waals surface area contributed by atoms with Crippen molar-refractivity contribution in [1.29, 1.82) is 5.26 Å². The maximum Gasteiger partial charge on any atom is 0.239 e. The zero-order valence-corrected chi connectivity index (χ0v) is 19.6. The predicted octanol–water partition coefficient (Wildman–Crippen LogP) is 5.87. The standard InChI is InChI=1S/C25H20N4O2S2/c1-16(33-24-19(14-26)11-12-21(27-24)17-7-4-3-5-8-17)23(30)29-25-28-22(15-32-25)18-9-6-10-20(13-18)31-2/h3-13,15-16H,1-2H3,(H,28,29,30). The maximum atomic E-state index is 12.8. The molecule has 4 rings (SSSR count). The van der Waals surface area contributed by atoms with Crippen LogP contribution in [0.15, 0.2) is 77.1 Å². The lowest BCUT2D eigenvalue weighted by Gasteiger charge is -2.12. The molecule has 2 aromatic carbocycles. The van der Waals surface area contributed by atoms with Crippen LogP contribution in [0, 0.1) is 11.3 Å². The van der Waals surface area contributed by atoms with E-state index >= 15 is 0 Å². The van der Waals surface area contributed by atoms with Crippen molar-refractivity contribution in [2.24, 2.45) is 0 Å². The molecule has 0 aliphatic heterocycles. The van der Waals surface area contributed by atoms with E-state index in [9.17, 15) is 10.1 Å². The Morgan fingerprint density at radius 2 is 1.85 bits per heavy atom. The van der Waals surface area contributed by atoms with Gasteiger partial charge >= 0.3 is 0 Å². The van der Waals surface area contributed by atoms with Gasteiger partial charge in [0.05, 0.1) is 29.3 Å². The zero-order valence-electron chi connectivity index (χ0n) is 18.0. The number of thiazole rings is 1. The second kappa shape index (κ2) is 10.3. The number of amides is 1. The van der Waals surface area contributed by atoms with Gasteiger partial charge in [-0.2, -0.15) is 5.26 Å². The summed E-state index contributed by atoms with van der Waals surface area (Å²) in [4.78, 5) is 22.0. The summed E-state index contributed by atoms with van der Waals surface area (Å²) < 4.78 is 5.27. The molecule has 1 amide bonds. The molecule has 0 spiro atoms. The van der Waals surface area contributed by atoms with Crippen LogP contribution in [0.5, 0.6) is 5.75 Å². The number of aromatic nitrogens is 2. The first-order valence-corrected chi connectivity index (χ1v) is 11.9. The molecule has 164 valence electrons. The van der Waals surface area contributed by atoms with Gasteiger partial charge in [0.1, 0.15) is 16.8 Å². The average molecular weight is 473 g/mol. The van der Waals surface area contributed by atoms with E-state index in [0.29, 0.717) is 15.7 Å². The Kier molecular flexibility index (Phi) is 7.03. The lowest BCUT2D eigenvalue weighted by atomic mass is 10.1. The van der Waals surface area contributed by atoms with Gasteiger partial charge in [-0.15, -0.1) is 11.3 Å². The molecule has 4 aromatic rings. The molecule has 2 heterocycles. The number of nitrogens with one attached hydrogen (secondary N) is 1. The van der Waals surface area contributed by atoms with Crippen molar-refractivity contribution >= 4 is 34.1 Å². The quantitative estimate of drug-likeness (QED) is 0.338. The number of hydrogen-bond acceptors (Lipinski definition) is 7. The SMILES string of the molecule is COc1cccc(-c2csc(NC(=O)C(C)Sc3nc(-c4ccccc4)ccc3C#N)n2)c1. The zero-order chi connectivity index (χ0) is 23.2. The normalized spacial score (nSPS) is 11.4. The molecular weight excluding hydrogens is 452 g/mol. The Labute approximate surface area is 200 Å². The average Bonchev–Trinajstić information content (AvgIpc) is 3.33. The molecule has 0 radical (unpaired) electrons. The fourth-order valence-electron chi connectivity index (χ4n) is 3.06. The first kappa shape index (κ1) is 22.5. The number of nitrogens with zero attached hydrogens (tertiary/aromatic N) is 3. The predicted molar refractivity (Wildman–Crippen MR) is 132 cm³/mol. The number of benzene rings is 2. The monoisotopic (exact) mass is 472 g/mol. The highest BCUT2D eigenvalue weighted by molar-refractivity contribution is 8.00. The Hall–Kier alpha value is -3.67. The number of anilines is 1. The first-order valence-electron chi connectivity index (χ1n) is 10.1. The fourth-order valence-corrected chi connectivity index (χ4v) is 4.67. The minimum Gasteiger partial charge on any atom is -0.497 e. The van der Waals surface area contributed by atoms with Gasteiger partial charge in [-0.25, -0.2) is 9.97 Å². The van der Waals surface area contributed by atoms with Gasteiger partial charge in [0.2, 0.25) is 5.91 Å². The molecule has 0 fully saturated rings. The summed E-state index contributed by atoms with van der Waals surface area (Å²) in [5.74, 6) is 0.539. The Morgan fingerprint density at radius 3 is 2.61 bits per heavy atom. The number of thioether (sulfide) groups is 1. The molecule has 0 saturated carbocycles. The van der Waals surface area contributed by atoms with E-state index in [1.807, 2.05) is 66.0 Å². The summed E-state index contributed by atoms with van der Waals surface area (Å²) in [5, 5.41) is 14.8. The summed E-state index contributed by atoms with van der Waals surface area (Å²) in [5.41, 5.74) is 3.82. The second-order valence-corrected chi connectivity index (χ2v) is 9.23. The van der Waals surface area contributed by atoms with Gasteiger partial charge in [0.15, 0.2) is 5.13 Å². The highest BCUT2D eigenvalue weighted by Gasteiger charge is 2.19. The summed E-state index contributed by atoms with van der Waals surface area (Å²) in [7, 11) is 1.62. The van der Waals surface area contributed by atoms with Crippen molar-refractivity contribution in [1.82, 2.24) is 9.97 Å². The van der Waals surface area contributed by atoms with Crippen LogP contribution in [-0.2, 0) is 4.79 Å². The second-order valence-electron chi connectivity index (χ2n) is 7.05. The largest absolute Gasteiger partial charge is 0.497 e. The van der Waals surface area contributed by atoms with E-state index in [2.05, 4.69) is 21.4 Å². The summed E-state index contributed by atoms with van der Waals surface area (Å²) in [6, 6.07) is 23.1. The van der Waals surface area contributed by atoms with Gasteiger partial charge in [0, 0.05) is 16.5 Å². The lowest BCUT2D eigenvalue weighted by molar-refractivity contribution is -0.115. The Balaban J connectivity index is 1.47. The minimum absolute atomic E-state index is 0.206. The number of hydrogen-bond donors (Lipinski definition) is 1. The van der Waals surface area contributed by atoms with E-state index < -0.39 is 5.25 Å². The third-order valence-electron chi connectivity index (χ3n) is 4.81. The van der Waals surface area contributed by atoms with E-state index in [4.69, 9.17) is 4.74 Å². The van der Waals surface area contributed by atoms with Crippen molar-refractivity contribution in [2.45, 2.75) is 17.2 Å². The van der Waals surface area contributed by atoms with Crippen LogP contribution in [0.1, 0.15) is 12.5 Å². The summed E-state index contributed by atoms with van der Waals surface area (Å²) >= 11 is 2.61. The lowest BCUT2D eigenvalue weighted by Crippen LogP contribution is -2.22. The number of nitriles is 1. The molecule has 0 aliphatic rings. The van der Waals surface area contributed by atoms with Crippen LogP contribution in [0.2, 0.25) is 0 Å². The molecule has 33 heavy (non-hydrogen) atoms. The van der Waals surface area contributed by atoms with E-state index in [0.717, 1.165) is 28.3 Å². The number of rotatable bonds is 7. The number of methoxy groups -OCH3 is 1. The Bertz CT molecular complexity index is 1320. The van der Waals surface area contributed by atoms with E-state index in [1.54, 1.807) is 20.1 Å². The van der Waals surface area contributed by atoms with Gasteiger partial charge in [0.25, 0.3) is 0 Å². The van der Waals surface area contributed by atoms with Crippen molar-refractivity contribution in [3.63, 3.8) is 0 Å². The van der Waals surface area contributed by atoms with Crippen LogP contribution in [0.3, 0.4) is 0 Å². The molecule has 1 unspecified atom stereocenters. The topological polar surface area (TPSA) is 87.9 Å². The molecule has 2 aromatic heterocycles. The third-order valence-corrected chi connectivity index (χ3v) is 6.67. The summed E-state index contributed by atoms with van der Waals surface area (Å²) in [6.07, 6.45) is 0. The fraction of sp³-hybridized carbons (Fsp3) is 0.120. The van der Waals surface area contributed by atoms with Crippen molar-refractivity contribution in [3.8, 4) is 34.3 Å². The molecule has 0 saturated heterocycles.